The first-order chi connectivity index (χ1) is 15.3. The molecule has 2 aromatic carbocycles. The SMILES string of the molecule is CCOC(=O)C1=C(N)N(c2ccc(Br)cc2)c2c(c(=O)[nH]c(=O)n2C)C1c1ccccc1. The van der Waals surface area contributed by atoms with Crippen LogP contribution in [0.15, 0.2) is 80.1 Å². The molecule has 0 aliphatic carbocycles. The van der Waals surface area contributed by atoms with Crippen molar-refractivity contribution < 1.29 is 9.53 Å². The molecule has 1 unspecified atom stereocenters. The number of halogens is 1. The van der Waals surface area contributed by atoms with Crippen LogP contribution in [0.3, 0.4) is 0 Å². The summed E-state index contributed by atoms with van der Waals surface area (Å²) in [5.74, 6) is -1.06. The molecule has 0 spiro atoms. The Morgan fingerprint density at radius 3 is 2.41 bits per heavy atom. The Balaban J connectivity index is 2.13. The van der Waals surface area contributed by atoms with Gasteiger partial charge >= 0.3 is 11.7 Å². The second-order valence-corrected chi connectivity index (χ2v) is 8.15. The quantitative estimate of drug-likeness (QED) is 0.537. The van der Waals surface area contributed by atoms with Crippen molar-refractivity contribution in [3.63, 3.8) is 0 Å². The summed E-state index contributed by atoms with van der Waals surface area (Å²) in [5, 5.41) is 0. The number of esters is 1. The maximum Gasteiger partial charge on any atom is 0.338 e. The van der Waals surface area contributed by atoms with Crippen LogP contribution in [0.4, 0.5) is 11.5 Å². The third-order valence-corrected chi connectivity index (χ3v) is 5.88. The molecule has 1 atom stereocenters. The number of nitrogens with zero attached hydrogens (tertiary/aromatic N) is 2. The normalized spacial score (nSPS) is 15.5. The Hall–Kier alpha value is -3.59. The summed E-state index contributed by atoms with van der Waals surface area (Å²) < 4.78 is 7.49. The summed E-state index contributed by atoms with van der Waals surface area (Å²) in [6.45, 7) is 1.85. The minimum atomic E-state index is -0.813. The number of fused-ring (bicyclic) bond motifs is 1. The van der Waals surface area contributed by atoms with Gasteiger partial charge in [-0.2, -0.15) is 0 Å². The van der Waals surface area contributed by atoms with E-state index >= 15 is 0 Å². The lowest BCUT2D eigenvalue weighted by atomic mass is 9.82. The Labute approximate surface area is 192 Å². The molecule has 32 heavy (non-hydrogen) atoms. The van der Waals surface area contributed by atoms with Gasteiger partial charge in [-0.1, -0.05) is 46.3 Å². The maximum absolute atomic E-state index is 13.2. The van der Waals surface area contributed by atoms with Crippen molar-refractivity contribution in [2.45, 2.75) is 12.8 Å². The number of nitrogens with one attached hydrogen (secondary N) is 1. The zero-order valence-electron chi connectivity index (χ0n) is 17.5. The van der Waals surface area contributed by atoms with Crippen LogP contribution >= 0.6 is 15.9 Å². The number of carbonyl (C=O) groups excluding carboxylic acids is 1. The van der Waals surface area contributed by atoms with E-state index in [0.717, 1.165) is 4.47 Å². The lowest BCUT2D eigenvalue weighted by Gasteiger charge is -2.37. The van der Waals surface area contributed by atoms with Crippen molar-refractivity contribution in [2.24, 2.45) is 12.8 Å². The Morgan fingerprint density at radius 2 is 1.78 bits per heavy atom. The summed E-state index contributed by atoms with van der Waals surface area (Å²) in [5.41, 5.74) is 7.06. The molecule has 9 heteroatoms. The van der Waals surface area contributed by atoms with Crippen LogP contribution in [0.2, 0.25) is 0 Å². The van der Waals surface area contributed by atoms with Crippen molar-refractivity contribution in [2.75, 3.05) is 11.5 Å². The van der Waals surface area contributed by atoms with Crippen molar-refractivity contribution in [1.82, 2.24) is 9.55 Å². The fourth-order valence-corrected chi connectivity index (χ4v) is 4.21. The Bertz CT molecular complexity index is 1330. The topological polar surface area (TPSA) is 110 Å². The van der Waals surface area contributed by atoms with Crippen LogP contribution in [-0.2, 0) is 16.6 Å². The highest BCUT2D eigenvalue weighted by Crippen LogP contribution is 2.44. The van der Waals surface area contributed by atoms with Crippen LogP contribution in [0, 0.1) is 0 Å². The number of H-pyrrole nitrogens is 1. The van der Waals surface area contributed by atoms with E-state index in [4.69, 9.17) is 10.5 Å². The van der Waals surface area contributed by atoms with Gasteiger partial charge in [0.15, 0.2) is 0 Å². The fourth-order valence-electron chi connectivity index (χ4n) is 3.95. The molecular weight excluding hydrogens is 476 g/mol. The molecule has 1 aromatic heterocycles. The minimum absolute atomic E-state index is 0.0905. The number of benzene rings is 2. The summed E-state index contributed by atoms with van der Waals surface area (Å²) in [4.78, 5) is 42.7. The van der Waals surface area contributed by atoms with Crippen LogP contribution in [-0.4, -0.2) is 22.1 Å². The molecule has 1 aliphatic heterocycles. The first kappa shape index (κ1) is 21.6. The molecule has 164 valence electrons. The van der Waals surface area contributed by atoms with Gasteiger partial charge in [-0.05, 0) is 36.8 Å². The molecule has 0 radical (unpaired) electrons. The summed E-state index contributed by atoms with van der Waals surface area (Å²) in [6.07, 6.45) is 0. The van der Waals surface area contributed by atoms with Crippen molar-refractivity contribution >= 4 is 33.4 Å². The Morgan fingerprint density at radius 1 is 1.12 bits per heavy atom. The number of anilines is 2. The third kappa shape index (κ3) is 3.54. The van der Waals surface area contributed by atoms with Crippen LogP contribution in [0.5, 0.6) is 0 Å². The molecule has 1 aliphatic rings. The number of rotatable bonds is 4. The lowest BCUT2D eigenvalue weighted by molar-refractivity contribution is -0.138. The standard InChI is InChI=1S/C23H21BrN4O4/c1-3-32-22(30)17-16(13-7-5-4-6-8-13)18-20(29)26-23(31)27(2)21(18)28(19(17)25)15-11-9-14(24)10-12-15/h4-12,16H,3,25H2,1-2H3,(H,26,29,31). The number of hydrogen-bond acceptors (Lipinski definition) is 6. The molecule has 8 nitrogen and oxygen atoms in total. The van der Waals surface area contributed by atoms with Gasteiger partial charge in [0.1, 0.15) is 11.6 Å². The number of hydrogen-bond donors (Lipinski definition) is 2. The monoisotopic (exact) mass is 496 g/mol. The molecule has 0 saturated carbocycles. The summed E-state index contributed by atoms with van der Waals surface area (Å²) in [6, 6.07) is 16.2. The zero-order chi connectivity index (χ0) is 23.0. The number of ether oxygens (including phenoxy) is 1. The van der Waals surface area contributed by atoms with E-state index in [-0.39, 0.29) is 23.6 Å². The summed E-state index contributed by atoms with van der Waals surface area (Å²) >= 11 is 3.40. The maximum atomic E-state index is 13.2. The molecule has 3 aromatic rings. The molecule has 0 saturated heterocycles. The average molecular weight is 497 g/mol. The van der Waals surface area contributed by atoms with Gasteiger partial charge in [-0.15, -0.1) is 0 Å². The predicted molar refractivity (Wildman–Crippen MR) is 125 cm³/mol. The molecule has 0 amide bonds. The van der Waals surface area contributed by atoms with E-state index in [0.29, 0.717) is 17.1 Å². The second kappa shape index (κ2) is 8.51. The van der Waals surface area contributed by atoms with Gasteiger partial charge in [0.2, 0.25) is 0 Å². The highest BCUT2D eigenvalue weighted by molar-refractivity contribution is 9.10. The van der Waals surface area contributed by atoms with E-state index in [1.165, 1.54) is 4.57 Å². The first-order valence-electron chi connectivity index (χ1n) is 9.95. The van der Waals surface area contributed by atoms with Crippen LogP contribution in [0.25, 0.3) is 0 Å². The zero-order valence-corrected chi connectivity index (χ0v) is 19.0. The highest BCUT2D eigenvalue weighted by Gasteiger charge is 2.41. The van der Waals surface area contributed by atoms with E-state index in [1.54, 1.807) is 55.3 Å². The van der Waals surface area contributed by atoms with Gasteiger partial charge in [-0.3, -0.25) is 19.2 Å². The van der Waals surface area contributed by atoms with Gasteiger partial charge in [0, 0.05) is 17.2 Å². The van der Waals surface area contributed by atoms with Gasteiger partial charge in [0.05, 0.1) is 23.7 Å². The van der Waals surface area contributed by atoms with Crippen molar-refractivity contribution in [3.8, 4) is 0 Å². The van der Waals surface area contributed by atoms with Gasteiger partial charge in [-0.25, -0.2) is 9.59 Å². The van der Waals surface area contributed by atoms with E-state index in [1.807, 2.05) is 18.2 Å². The van der Waals surface area contributed by atoms with E-state index in [9.17, 15) is 14.4 Å². The van der Waals surface area contributed by atoms with Crippen molar-refractivity contribution in [3.05, 3.63) is 102 Å². The molecule has 0 bridgehead atoms. The van der Waals surface area contributed by atoms with Crippen LogP contribution in [0.1, 0.15) is 24.0 Å². The second-order valence-electron chi connectivity index (χ2n) is 7.23. The predicted octanol–water partition coefficient (Wildman–Crippen LogP) is 2.85. The number of carbonyl (C=O) groups is 1. The molecular formula is C23H21BrN4O4. The molecule has 4 rings (SSSR count). The van der Waals surface area contributed by atoms with E-state index in [2.05, 4.69) is 20.9 Å². The average Bonchev–Trinajstić information content (AvgIpc) is 2.78. The van der Waals surface area contributed by atoms with E-state index < -0.39 is 23.1 Å². The number of nitrogens with two attached hydrogens (primary N) is 1. The number of aromatic amines is 1. The van der Waals surface area contributed by atoms with Crippen molar-refractivity contribution in [1.29, 1.82) is 0 Å². The minimum Gasteiger partial charge on any atom is -0.463 e. The molecule has 0 fully saturated rings. The summed E-state index contributed by atoms with van der Waals surface area (Å²) in [7, 11) is 1.55. The molecule has 2 heterocycles. The van der Waals surface area contributed by atoms with Gasteiger partial charge < -0.3 is 10.5 Å². The Kier molecular flexibility index (Phi) is 5.75. The number of aromatic nitrogens is 2. The largest absolute Gasteiger partial charge is 0.463 e. The fraction of sp³-hybridized carbons (Fsp3) is 0.174. The van der Waals surface area contributed by atoms with Crippen LogP contribution < -0.4 is 21.9 Å². The smallest absolute Gasteiger partial charge is 0.338 e. The first-order valence-corrected chi connectivity index (χ1v) is 10.7. The molecule has 3 N–H and O–H groups in total. The van der Waals surface area contributed by atoms with Gasteiger partial charge in [0.25, 0.3) is 5.56 Å². The lowest BCUT2D eigenvalue weighted by Crippen LogP contribution is -2.43. The highest BCUT2D eigenvalue weighted by atomic mass is 79.9. The third-order valence-electron chi connectivity index (χ3n) is 5.35.